The number of hydrogen-bond donors (Lipinski definition) is 1. The predicted molar refractivity (Wildman–Crippen MR) is 69.3 cm³/mol. The van der Waals surface area contributed by atoms with Gasteiger partial charge in [0.05, 0.1) is 11.4 Å². The van der Waals surface area contributed by atoms with Gasteiger partial charge in [0.2, 0.25) is 0 Å². The van der Waals surface area contributed by atoms with Gasteiger partial charge >= 0.3 is 0 Å². The summed E-state index contributed by atoms with van der Waals surface area (Å²) in [5.41, 5.74) is 2.07. The van der Waals surface area contributed by atoms with E-state index in [2.05, 4.69) is 28.5 Å². The third-order valence-corrected chi connectivity index (χ3v) is 3.32. The van der Waals surface area contributed by atoms with Gasteiger partial charge in [-0.1, -0.05) is 0 Å². The number of thiophene rings is 1. The number of nitrogens with zero attached hydrogens (tertiary/aromatic N) is 2. The third-order valence-electron chi connectivity index (χ3n) is 2.28. The van der Waals surface area contributed by atoms with Crippen molar-refractivity contribution in [3.63, 3.8) is 0 Å². The molecular formula is C12H13N3OS. The van der Waals surface area contributed by atoms with E-state index >= 15 is 0 Å². The Labute approximate surface area is 104 Å². The lowest BCUT2D eigenvalue weighted by Crippen LogP contribution is -2.11. The number of rotatable bonds is 4. The van der Waals surface area contributed by atoms with Crippen LogP contribution in [0.3, 0.4) is 0 Å². The van der Waals surface area contributed by atoms with E-state index in [4.69, 9.17) is 0 Å². The summed E-state index contributed by atoms with van der Waals surface area (Å²) >= 11 is 1.65. The van der Waals surface area contributed by atoms with Crippen molar-refractivity contribution in [1.82, 2.24) is 10.2 Å². The molecule has 88 valence electrons. The van der Waals surface area contributed by atoms with Crippen molar-refractivity contribution in [2.45, 2.75) is 13.8 Å². The minimum Gasteiger partial charge on any atom is -0.362 e. The third kappa shape index (κ3) is 2.88. The van der Waals surface area contributed by atoms with Crippen LogP contribution in [0.15, 0.2) is 23.6 Å². The van der Waals surface area contributed by atoms with Gasteiger partial charge in [-0.25, -0.2) is 0 Å². The van der Waals surface area contributed by atoms with Crippen molar-refractivity contribution in [2.75, 3.05) is 11.9 Å². The maximum Gasteiger partial charge on any atom is 0.149 e. The molecule has 0 saturated heterocycles. The molecule has 0 aliphatic carbocycles. The summed E-state index contributed by atoms with van der Waals surface area (Å²) in [6, 6.07) is 5.81. The Morgan fingerprint density at radius 3 is 2.71 bits per heavy atom. The van der Waals surface area contributed by atoms with Crippen molar-refractivity contribution >= 4 is 22.9 Å². The van der Waals surface area contributed by atoms with Gasteiger partial charge in [-0.3, -0.25) is 4.79 Å². The number of anilines is 1. The molecule has 0 aliphatic heterocycles. The molecule has 1 N–H and O–H groups in total. The molecule has 0 radical (unpaired) electrons. The Balaban J connectivity index is 2.13. The molecule has 2 rings (SSSR count). The molecule has 0 aliphatic rings. The summed E-state index contributed by atoms with van der Waals surface area (Å²) in [6.45, 7) is 3.87. The highest BCUT2D eigenvalue weighted by Crippen LogP contribution is 2.26. The molecule has 4 nitrogen and oxygen atoms in total. The monoisotopic (exact) mass is 247 g/mol. The summed E-state index contributed by atoms with van der Waals surface area (Å²) in [5, 5.41) is 13.1. The van der Waals surface area contributed by atoms with Gasteiger partial charge in [-0.05, 0) is 43.0 Å². The van der Waals surface area contributed by atoms with Gasteiger partial charge in [0, 0.05) is 0 Å². The van der Waals surface area contributed by atoms with Gasteiger partial charge in [-0.2, -0.15) is 0 Å². The molecule has 0 atom stereocenters. The maximum atomic E-state index is 10.8. The summed E-state index contributed by atoms with van der Waals surface area (Å²) in [7, 11) is 0. The van der Waals surface area contributed by atoms with Crippen LogP contribution in [0.5, 0.6) is 0 Å². The fourth-order valence-corrected chi connectivity index (χ4v) is 2.29. The Kier molecular flexibility index (Phi) is 3.49. The first-order valence-electron chi connectivity index (χ1n) is 5.28. The molecule has 0 spiro atoms. The molecule has 0 bridgehead atoms. The van der Waals surface area contributed by atoms with Gasteiger partial charge < -0.3 is 5.32 Å². The van der Waals surface area contributed by atoms with Crippen LogP contribution in [0, 0.1) is 6.92 Å². The first-order chi connectivity index (χ1) is 8.16. The Hall–Kier alpha value is -1.75. The van der Waals surface area contributed by atoms with Crippen LogP contribution in [0.2, 0.25) is 0 Å². The minimum absolute atomic E-state index is 0.0741. The lowest BCUT2D eigenvalue weighted by atomic mass is 10.2. The van der Waals surface area contributed by atoms with Crippen LogP contribution < -0.4 is 5.32 Å². The molecule has 0 saturated carbocycles. The van der Waals surface area contributed by atoms with E-state index in [9.17, 15) is 4.79 Å². The molecule has 0 aromatic carbocycles. The van der Waals surface area contributed by atoms with Gasteiger partial charge in [0.15, 0.2) is 0 Å². The number of aromatic nitrogens is 2. The quantitative estimate of drug-likeness (QED) is 0.902. The molecule has 0 fully saturated rings. The zero-order chi connectivity index (χ0) is 12.3. The zero-order valence-corrected chi connectivity index (χ0v) is 10.5. The number of carbonyl (C=O) groups is 1. The summed E-state index contributed by atoms with van der Waals surface area (Å²) in [6.07, 6.45) is 0. The normalized spacial score (nSPS) is 10.2. The first kappa shape index (κ1) is 11.7. The number of hydrogen-bond acceptors (Lipinski definition) is 5. The van der Waals surface area contributed by atoms with Crippen LogP contribution in [0.4, 0.5) is 5.82 Å². The van der Waals surface area contributed by atoms with E-state index in [0.29, 0.717) is 5.82 Å². The Bertz CT molecular complexity index is 519. The van der Waals surface area contributed by atoms with Gasteiger partial charge in [0.1, 0.15) is 17.3 Å². The summed E-state index contributed by atoms with van der Waals surface area (Å²) in [5.74, 6) is 0.697. The van der Waals surface area contributed by atoms with E-state index in [1.165, 1.54) is 12.5 Å². The highest BCUT2D eigenvalue weighted by Gasteiger charge is 2.05. The summed E-state index contributed by atoms with van der Waals surface area (Å²) < 4.78 is 0. The number of ketones is 1. The Morgan fingerprint density at radius 2 is 2.18 bits per heavy atom. The van der Waals surface area contributed by atoms with E-state index in [1.54, 1.807) is 11.3 Å². The molecular weight excluding hydrogens is 234 g/mol. The van der Waals surface area contributed by atoms with Crippen LogP contribution in [0.1, 0.15) is 12.5 Å². The zero-order valence-electron chi connectivity index (χ0n) is 9.73. The van der Waals surface area contributed by atoms with E-state index in [0.717, 1.165) is 10.6 Å². The highest BCUT2D eigenvalue weighted by atomic mass is 32.1. The summed E-state index contributed by atoms with van der Waals surface area (Å²) in [4.78, 5) is 11.9. The highest BCUT2D eigenvalue weighted by molar-refractivity contribution is 7.13. The topological polar surface area (TPSA) is 54.9 Å². The van der Waals surface area contributed by atoms with Gasteiger partial charge in [-0.15, -0.1) is 21.5 Å². The standard InChI is InChI=1S/C12H13N3OS/c1-8-5-6-17-12(8)10-3-4-11(15-14-10)13-7-9(2)16/h3-6H,7H2,1-2H3,(H,13,15). The molecule has 5 heteroatoms. The van der Waals surface area contributed by atoms with Gasteiger partial charge in [0.25, 0.3) is 0 Å². The van der Waals surface area contributed by atoms with Crippen molar-refractivity contribution in [3.8, 4) is 10.6 Å². The average Bonchev–Trinajstić information content (AvgIpc) is 2.73. The van der Waals surface area contributed by atoms with E-state index in [-0.39, 0.29) is 12.3 Å². The van der Waals surface area contributed by atoms with Crippen LogP contribution in [0.25, 0.3) is 10.6 Å². The maximum absolute atomic E-state index is 10.8. The van der Waals surface area contributed by atoms with E-state index < -0.39 is 0 Å². The average molecular weight is 247 g/mol. The number of aryl methyl sites for hydroxylation is 1. The number of nitrogens with one attached hydrogen (secondary N) is 1. The van der Waals surface area contributed by atoms with Crippen LogP contribution in [-0.2, 0) is 4.79 Å². The fourth-order valence-electron chi connectivity index (χ4n) is 1.40. The molecule has 0 amide bonds. The lowest BCUT2D eigenvalue weighted by Gasteiger charge is -2.03. The SMILES string of the molecule is CC(=O)CNc1ccc(-c2sccc2C)nn1. The number of carbonyl (C=O) groups excluding carboxylic acids is 1. The molecule has 2 aromatic heterocycles. The molecule has 17 heavy (non-hydrogen) atoms. The first-order valence-corrected chi connectivity index (χ1v) is 6.16. The minimum atomic E-state index is 0.0741. The predicted octanol–water partition coefficient (Wildman–Crippen LogP) is 2.51. The van der Waals surface area contributed by atoms with Crippen LogP contribution in [-0.4, -0.2) is 22.5 Å². The second kappa shape index (κ2) is 5.05. The molecule has 0 unspecified atom stereocenters. The van der Waals surface area contributed by atoms with Crippen molar-refractivity contribution < 1.29 is 4.79 Å². The second-order valence-electron chi connectivity index (χ2n) is 3.79. The van der Waals surface area contributed by atoms with Crippen molar-refractivity contribution in [1.29, 1.82) is 0 Å². The van der Waals surface area contributed by atoms with Crippen molar-refractivity contribution in [3.05, 3.63) is 29.1 Å². The second-order valence-corrected chi connectivity index (χ2v) is 4.71. The number of Topliss-reactive ketones (excluding diaryl/α,β-unsaturated/α-hetero) is 1. The fraction of sp³-hybridized carbons (Fsp3) is 0.250. The van der Waals surface area contributed by atoms with Crippen molar-refractivity contribution in [2.24, 2.45) is 0 Å². The smallest absolute Gasteiger partial charge is 0.149 e. The molecule has 2 heterocycles. The Morgan fingerprint density at radius 1 is 1.35 bits per heavy atom. The molecule has 2 aromatic rings. The largest absolute Gasteiger partial charge is 0.362 e. The van der Waals surface area contributed by atoms with E-state index in [1.807, 2.05) is 17.5 Å². The lowest BCUT2D eigenvalue weighted by molar-refractivity contribution is -0.115. The van der Waals surface area contributed by atoms with Crippen LogP contribution >= 0.6 is 11.3 Å².